The number of imide groups is 1. The summed E-state index contributed by atoms with van der Waals surface area (Å²) in [5.74, 6) is 1.30. The van der Waals surface area contributed by atoms with Gasteiger partial charge < -0.3 is 0 Å². The highest BCUT2D eigenvalue weighted by atomic mass is 16.2. The average molecular weight is 397 g/mol. The summed E-state index contributed by atoms with van der Waals surface area (Å²) in [5, 5.41) is 0. The maximum Gasteiger partial charge on any atom is 0.333 e. The molecule has 1 fully saturated rings. The van der Waals surface area contributed by atoms with E-state index in [0.29, 0.717) is 12.4 Å². The number of carbonyl (C=O) groups is 2. The van der Waals surface area contributed by atoms with Crippen LogP contribution in [0.1, 0.15) is 37.3 Å². The molecule has 0 aromatic heterocycles. The molecule has 3 aliphatic rings. The summed E-state index contributed by atoms with van der Waals surface area (Å²) in [6.07, 6.45) is 4.27. The predicted octanol–water partition coefficient (Wildman–Crippen LogP) is 1.95. The lowest BCUT2D eigenvalue weighted by Gasteiger charge is -2.31. The van der Waals surface area contributed by atoms with Crippen LogP contribution in [-0.4, -0.2) is 82.7 Å². The molecule has 1 saturated heterocycles. The molecular weight excluding hydrogens is 366 g/mol. The molecule has 0 saturated carbocycles. The predicted molar refractivity (Wildman–Crippen MR) is 112 cm³/mol. The van der Waals surface area contributed by atoms with E-state index in [1.165, 1.54) is 20.9 Å². The summed E-state index contributed by atoms with van der Waals surface area (Å²) in [5.41, 5.74) is 2.78. The first-order valence-electron chi connectivity index (χ1n) is 10.6. The van der Waals surface area contributed by atoms with Crippen molar-refractivity contribution in [1.82, 2.24) is 14.7 Å². The highest BCUT2D eigenvalue weighted by molar-refractivity contribution is 6.23. The molecule has 29 heavy (non-hydrogen) atoms. The lowest BCUT2D eigenvalue weighted by atomic mass is 10.00. The zero-order valence-corrected chi connectivity index (χ0v) is 17.6. The minimum absolute atomic E-state index is 0.178. The number of rotatable bonds is 6. The lowest BCUT2D eigenvalue weighted by molar-refractivity contribution is -0.537. The van der Waals surface area contributed by atoms with E-state index >= 15 is 0 Å². The molecule has 1 atom stereocenters. The minimum atomic E-state index is -0.480. The van der Waals surface area contributed by atoms with Crippen molar-refractivity contribution in [1.29, 1.82) is 0 Å². The van der Waals surface area contributed by atoms with E-state index in [1.807, 2.05) is 0 Å². The average Bonchev–Trinajstić information content (AvgIpc) is 3.09. The Hall–Kier alpha value is -2.54. The van der Waals surface area contributed by atoms with Crippen molar-refractivity contribution in [3.05, 3.63) is 35.4 Å². The van der Waals surface area contributed by atoms with Crippen LogP contribution in [0.5, 0.6) is 0 Å². The summed E-state index contributed by atoms with van der Waals surface area (Å²) in [6, 6.07) is 7.79. The number of amidine groups is 2. The van der Waals surface area contributed by atoms with Crippen molar-refractivity contribution in [3.8, 4) is 0 Å². The van der Waals surface area contributed by atoms with Gasteiger partial charge in [0.25, 0.3) is 17.8 Å². The number of nitrogens with zero attached hydrogens (tertiary/aromatic N) is 5. The normalized spacial score (nSPS) is 22.2. The van der Waals surface area contributed by atoms with Gasteiger partial charge in [-0.05, 0) is 35.4 Å². The van der Waals surface area contributed by atoms with E-state index in [9.17, 15) is 9.59 Å². The van der Waals surface area contributed by atoms with Crippen LogP contribution in [0.15, 0.2) is 29.3 Å². The number of hydrogen-bond donors (Lipinski definition) is 0. The van der Waals surface area contributed by atoms with E-state index in [4.69, 9.17) is 4.99 Å². The van der Waals surface area contributed by atoms with Crippen LogP contribution in [0.4, 0.5) is 4.79 Å². The fourth-order valence-electron chi connectivity index (χ4n) is 4.45. The maximum absolute atomic E-state index is 12.9. The summed E-state index contributed by atoms with van der Waals surface area (Å²) < 4.78 is 2.13. The molecule has 0 radical (unpaired) electrons. The molecule has 7 nitrogen and oxygen atoms in total. The van der Waals surface area contributed by atoms with E-state index in [2.05, 4.69) is 40.7 Å². The van der Waals surface area contributed by atoms with Crippen LogP contribution in [-0.2, 0) is 17.8 Å². The minimum Gasteiger partial charge on any atom is -0.287 e. The van der Waals surface area contributed by atoms with Crippen LogP contribution in [0, 0.1) is 0 Å². The Morgan fingerprint density at radius 1 is 1.10 bits per heavy atom. The molecule has 1 aromatic rings. The second-order valence-corrected chi connectivity index (χ2v) is 8.16. The second-order valence-electron chi connectivity index (χ2n) is 8.16. The van der Waals surface area contributed by atoms with Gasteiger partial charge in [-0.15, -0.1) is 0 Å². The summed E-state index contributed by atoms with van der Waals surface area (Å²) in [7, 11) is 3.27. The van der Waals surface area contributed by atoms with E-state index in [1.54, 1.807) is 14.1 Å². The molecule has 0 N–H and O–H groups in total. The van der Waals surface area contributed by atoms with Crippen molar-refractivity contribution in [3.63, 3.8) is 0 Å². The van der Waals surface area contributed by atoms with Gasteiger partial charge in [0.1, 0.15) is 6.54 Å². The molecule has 4 rings (SSSR count). The first kappa shape index (κ1) is 19.8. The smallest absolute Gasteiger partial charge is 0.287 e. The Labute approximate surface area is 172 Å². The molecule has 7 heteroatoms. The topological polar surface area (TPSA) is 59.2 Å². The number of aliphatic imine (C=N–C) groups is 1. The lowest BCUT2D eigenvalue weighted by Crippen LogP contribution is -2.61. The summed E-state index contributed by atoms with van der Waals surface area (Å²) in [6.45, 7) is 5.52. The Kier molecular flexibility index (Phi) is 5.50. The Balaban J connectivity index is 1.61. The highest BCUT2D eigenvalue weighted by Gasteiger charge is 2.52. The molecule has 0 bridgehead atoms. The van der Waals surface area contributed by atoms with Crippen LogP contribution in [0.2, 0.25) is 0 Å². The van der Waals surface area contributed by atoms with Gasteiger partial charge in [-0.2, -0.15) is 0 Å². The molecular formula is C22H30N5O2+. The third-order valence-corrected chi connectivity index (χ3v) is 6.19. The molecule has 3 amide bonds. The Morgan fingerprint density at radius 2 is 1.86 bits per heavy atom. The standard InChI is InChI=1S/C22H30N5O2/c1-4-5-8-12-27-18(15-26-13-11-16-9-6-7-10-17(16)14-26)23-20-19(27)21(28)25(3)22(29)24(20)2/h6-7,9-10,19H,4-5,8,11-15H2,1-3H3/q+1. The fourth-order valence-corrected chi connectivity index (χ4v) is 4.45. The molecule has 154 valence electrons. The monoisotopic (exact) mass is 396 g/mol. The van der Waals surface area contributed by atoms with Crippen molar-refractivity contribution in [2.45, 2.75) is 45.2 Å². The van der Waals surface area contributed by atoms with Crippen molar-refractivity contribution in [2.24, 2.45) is 4.99 Å². The highest BCUT2D eigenvalue weighted by Crippen LogP contribution is 2.22. The number of likely N-dealkylation sites (N-methyl/N-ethyl adjacent to an activating group) is 2. The Morgan fingerprint density at radius 3 is 2.62 bits per heavy atom. The third-order valence-electron chi connectivity index (χ3n) is 6.19. The fraction of sp³-hybridized carbons (Fsp3) is 0.545. The molecule has 0 aliphatic carbocycles. The van der Waals surface area contributed by atoms with Gasteiger partial charge in [-0.1, -0.05) is 37.6 Å². The van der Waals surface area contributed by atoms with Gasteiger partial charge in [0.05, 0.1) is 6.54 Å². The van der Waals surface area contributed by atoms with Crippen molar-refractivity contribution >= 4 is 23.6 Å². The molecule has 1 unspecified atom stereocenters. The quantitative estimate of drug-likeness (QED) is 0.546. The second kappa shape index (κ2) is 8.06. The Bertz CT molecular complexity index is 891. The van der Waals surface area contributed by atoms with Crippen LogP contribution in [0.25, 0.3) is 0 Å². The van der Waals surface area contributed by atoms with Gasteiger partial charge in [-0.25, -0.2) is 9.37 Å². The van der Waals surface area contributed by atoms with E-state index in [-0.39, 0.29) is 11.9 Å². The van der Waals surface area contributed by atoms with Gasteiger partial charge in [0, 0.05) is 27.2 Å². The molecule has 1 aromatic carbocycles. The van der Waals surface area contributed by atoms with Crippen LogP contribution in [0.3, 0.4) is 0 Å². The zero-order valence-electron chi connectivity index (χ0n) is 17.6. The number of hydrogen-bond acceptors (Lipinski definition) is 4. The molecule has 0 spiro atoms. The summed E-state index contributed by atoms with van der Waals surface area (Å²) in [4.78, 5) is 35.3. The van der Waals surface area contributed by atoms with Crippen molar-refractivity contribution in [2.75, 3.05) is 33.7 Å². The first-order valence-corrected chi connectivity index (χ1v) is 10.6. The number of benzene rings is 1. The number of urea groups is 1. The van der Waals surface area contributed by atoms with Gasteiger partial charge >= 0.3 is 11.9 Å². The number of carbonyl (C=O) groups excluding carboxylic acids is 2. The molecule has 3 heterocycles. The number of fused-ring (bicyclic) bond motifs is 2. The first-order chi connectivity index (χ1) is 14.0. The van der Waals surface area contributed by atoms with Crippen molar-refractivity contribution < 1.29 is 14.2 Å². The zero-order chi connectivity index (χ0) is 20.5. The van der Waals surface area contributed by atoms with Crippen LogP contribution >= 0.6 is 0 Å². The largest absolute Gasteiger partial charge is 0.333 e. The van der Waals surface area contributed by atoms with E-state index in [0.717, 1.165) is 51.2 Å². The summed E-state index contributed by atoms with van der Waals surface area (Å²) >= 11 is 0. The van der Waals surface area contributed by atoms with Crippen LogP contribution < -0.4 is 0 Å². The maximum atomic E-state index is 12.9. The van der Waals surface area contributed by atoms with Gasteiger partial charge in [0.15, 0.2) is 0 Å². The van der Waals surface area contributed by atoms with E-state index < -0.39 is 6.04 Å². The third kappa shape index (κ3) is 3.59. The molecule has 3 aliphatic heterocycles. The SMILES string of the molecule is CCCCC[N+]1=C(CN2CCc3ccccc3C2)N=C2C1C(=O)N(C)C(=O)N2C. The number of unbranched alkanes of at least 4 members (excludes halogenated alkanes) is 2. The van der Waals surface area contributed by atoms with Gasteiger partial charge in [-0.3, -0.25) is 19.5 Å². The van der Waals surface area contributed by atoms with Gasteiger partial charge in [0.2, 0.25) is 0 Å². The number of amides is 3.